The van der Waals surface area contributed by atoms with Gasteiger partial charge in [0.1, 0.15) is 11.8 Å². The van der Waals surface area contributed by atoms with Crippen molar-refractivity contribution >= 4 is 46.5 Å². The van der Waals surface area contributed by atoms with Crippen LogP contribution in [0.3, 0.4) is 0 Å². The third kappa shape index (κ3) is 4.12. The summed E-state index contributed by atoms with van der Waals surface area (Å²) < 4.78 is 1.51. The van der Waals surface area contributed by atoms with Gasteiger partial charge in [0.2, 0.25) is 17.7 Å². The minimum Gasteiger partial charge on any atom is -0.341 e. The fraction of sp³-hybridized carbons (Fsp3) is 0.370. The highest BCUT2D eigenvalue weighted by Crippen LogP contribution is 2.53. The number of imide groups is 1. The number of benzene rings is 1. The van der Waals surface area contributed by atoms with E-state index in [1.54, 1.807) is 30.6 Å². The highest BCUT2D eigenvalue weighted by molar-refractivity contribution is 8.00. The molecule has 37 heavy (non-hydrogen) atoms. The number of aromatic nitrogens is 2. The predicted molar refractivity (Wildman–Crippen MR) is 142 cm³/mol. The van der Waals surface area contributed by atoms with Gasteiger partial charge in [-0.25, -0.2) is 4.90 Å². The van der Waals surface area contributed by atoms with Gasteiger partial charge in [0, 0.05) is 36.3 Å². The van der Waals surface area contributed by atoms with E-state index in [-0.39, 0.29) is 29.1 Å². The van der Waals surface area contributed by atoms with Gasteiger partial charge in [-0.3, -0.25) is 28.7 Å². The number of thiazole rings is 1. The molecule has 3 aliphatic heterocycles. The average molecular weight is 535 g/mol. The number of aryl methyl sites for hydroxylation is 1. The van der Waals surface area contributed by atoms with Gasteiger partial charge >= 0.3 is 4.87 Å². The second-order valence-corrected chi connectivity index (χ2v) is 11.9. The van der Waals surface area contributed by atoms with Crippen molar-refractivity contribution in [3.8, 4) is 0 Å². The molecule has 6 rings (SSSR count). The fourth-order valence-electron chi connectivity index (χ4n) is 5.50. The van der Waals surface area contributed by atoms with E-state index in [2.05, 4.69) is 4.98 Å². The van der Waals surface area contributed by atoms with Crippen molar-refractivity contribution in [1.82, 2.24) is 14.5 Å². The van der Waals surface area contributed by atoms with E-state index in [9.17, 15) is 19.2 Å². The number of thioether (sulfide) groups is 1. The summed E-state index contributed by atoms with van der Waals surface area (Å²) >= 11 is 2.31. The molecule has 3 aliphatic rings. The monoisotopic (exact) mass is 534 g/mol. The number of rotatable bonds is 4. The number of amides is 3. The zero-order valence-corrected chi connectivity index (χ0v) is 22.0. The first-order valence-electron chi connectivity index (χ1n) is 12.5. The largest absolute Gasteiger partial charge is 0.341 e. The van der Waals surface area contributed by atoms with Gasteiger partial charge in [0.05, 0.1) is 16.6 Å². The summed E-state index contributed by atoms with van der Waals surface area (Å²) in [6.07, 6.45) is 6.40. The SMILES string of the molecule is Cc1ccc(N2C(=O)C3Sc4c(sc(=O)n4CC(=O)N4CCCCC4)C(c4cccnc4)C3C2=O)cc1. The van der Waals surface area contributed by atoms with Crippen LogP contribution in [-0.2, 0) is 20.9 Å². The molecular weight excluding hydrogens is 508 g/mol. The second kappa shape index (κ2) is 9.57. The molecule has 0 spiro atoms. The summed E-state index contributed by atoms with van der Waals surface area (Å²) in [6.45, 7) is 3.30. The number of carbonyl (C=O) groups excluding carboxylic acids is 3. The van der Waals surface area contributed by atoms with Crippen molar-refractivity contribution in [2.75, 3.05) is 18.0 Å². The van der Waals surface area contributed by atoms with Gasteiger partial charge in [0.15, 0.2) is 0 Å². The summed E-state index contributed by atoms with van der Waals surface area (Å²) in [7, 11) is 0. The average Bonchev–Trinajstić information content (AvgIpc) is 3.36. The Morgan fingerprint density at radius 3 is 2.49 bits per heavy atom. The van der Waals surface area contributed by atoms with Crippen molar-refractivity contribution in [3.05, 3.63) is 74.5 Å². The standard InChI is InChI=1S/C27H26N4O4S2/c1-16-7-9-18(10-8-16)31-24(33)21-20(17-6-5-11-28-14-17)23-26(36-22(21)25(31)34)30(27(35)37-23)15-19(32)29-12-3-2-4-13-29/h5-11,14,20-22H,2-4,12-13,15H2,1H3. The molecule has 3 amide bonds. The van der Waals surface area contributed by atoms with E-state index >= 15 is 0 Å². The number of hydrogen-bond donors (Lipinski definition) is 0. The fourth-order valence-corrected chi connectivity index (χ4v) is 8.27. The highest BCUT2D eigenvalue weighted by Gasteiger charge is 2.56. The van der Waals surface area contributed by atoms with Gasteiger partial charge in [-0.2, -0.15) is 0 Å². The molecule has 2 fully saturated rings. The van der Waals surface area contributed by atoms with Crippen LogP contribution in [0.5, 0.6) is 0 Å². The Labute approximate surface area is 222 Å². The van der Waals surface area contributed by atoms with Gasteiger partial charge in [0.25, 0.3) is 0 Å². The number of piperidine rings is 1. The van der Waals surface area contributed by atoms with Crippen LogP contribution in [0.1, 0.15) is 41.2 Å². The quantitative estimate of drug-likeness (QED) is 0.477. The molecule has 5 heterocycles. The van der Waals surface area contributed by atoms with E-state index in [4.69, 9.17) is 0 Å². The Morgan fingerprint density at radius 1 is 1.03 bits per heavy atom. The van der Waals surface area contributed by atoms with E-state index < -0.39 is 17.1 Å². The Morgan fingerprint density at radius 2 is 1.78 bits per heavy atom. The molecule has 1 aromatic carbocycles. The van der Waals surface area contributed by atoms with Gasteiger partial charge in [-0.05, 0) is 49.9 Å². The maximum absolute atomic E-state index is 13.8. The molecule has 10 heteroatoms. The number of likely N-dealkylation sites (tertiary alicyclic amines) is 1. The zero-order valence-electron chi connectivity index (χ0n) is 20.3. The first-order valence-corrected chi connectivity index (χ1v) is 14.2. The molecular formula is C27H26N4O4S2. The van der Waals surface area contributed by atoms with E-state index in [1.165, 1.54) is 21.2 Å². The molecule has 8 nitrogen and oxygen atoms in total. The second-order valence-electron chi connectivity index (χ2n) is 9.74. The lowest BCUT2D eigenvalue weighted by molar-refractivity contribution is -0.133. The maximum Gasteiger partial charge on any atom is 0.308 e. The predicted octanol–water partition coefficient (Wildman–Crippen LogP) is 3.42. The molecule has 3 unspecified atom stereocenters. The van der Waals surface area contributed by atoms with Crippen molar-refractivity contribution in [1.29, 1.82) is 0 Å². The van der Waals surface area contributed by atoms with Crippen molar-refractivity contribution in [2.45, 2.75) is 48.9 Å². The number of pyridine rings is 1. The van der Waals surface area contributed by atoms with E-state index in [0.29, 0.717) is 23.8 Å². The Hall–Kier alpha value is -3.24. The summed E-state index contributed by atoms with van der Waals surface area (Å²) in [5.74, 6) is -1.82. The molecule has 190 valence electrons. The Bertz CT molecular complexity index is 1430. The topological polar surface area (TPSA) is 92.6 Å². The molecule has 0 aliphatic carbocycles. The molecule has 0 saturated carbocycles. The van der Waals surface area contributed by atoms with Crippen molar-refractivity contribution < 1.29 is 14.4 Å². The minimum atomic E-state index is -0.697. The lowest BCUT2D eigenvalue weighted by atomic mass is 9.84. The first-order chi connectivity index (χ1) is 17.9. The van der Waals surface area contributed by atoms with Crippen LogP contribution in [0, 0.1) is 12.8 Å². The summed E-state index contributed by atoms with van der Waals surface area (Å²) in [4.78, 5) is 61.7. The van der Waals surface area contributed by atoms with Crippen LogP contribution in [-0.4, -0.2) is 50.5 Å². The maximum atomic E-state index is 13.8. The lowest BCUT2D eigenvalue weighted by Crippen LogP contribution is -2.39. The van der Waals surface area contributed by atoms with Gasteiger partial charge in [-0.15, -0.1) is 0 Å². The Balaban J connectivity index is 1.42. The number of carbonyl (C=O) groups is 3. The van der Waals surface area contributed by atoms with E-state index in [0.717, 1.165) is 46.6 Å². The first kappa shape index (κ1) is 24.1. The number of hydrogen-bond acceptors (Lipinski definition) is 7. The summed E-state index contributed by atoms with van der Waals surface area (Å²) in [5.41, 5.74) is 2.36. The highest BCUT2D eigenvalue weighted by atomic mass is 32.2. The van der Waals surface area contributed by atoms with Crippen LogP contribution in [0.15, 0.2) is 58.6 Å². The third-order valence-electron chi connectivity index (χ3n) is 7.39. The molecule has 3 atom stereocenters. The smallest absolute Gasteiger partial charge is 0.308 e. The van der Waals surface area contributed by atoms with Gasteiger partial charge in [-0.1, -0.05) is 46.9 Å². The van der Waals surface area contributed by atoms with Crippen LogP contribution in [0.4, 0.5) is 5.69 Å². The zero-order chi connectivity index (χ0) is 25.7. The van der Waals surface area contributed by atoms with Gasteiger partial charge < -0.3 is 4.90 Å². The number of anilines is 1. The van der Waals surface area contributed by atoms with Crippen LogP contribution in [0.2, 0.25) is 0 Å². The normalized spacial score (nSPS) is 23.2. The number of fused-ring (bicyclic) bond motifs is 2. The molecule has 0 radical (unpaired) electrons. The Kier molecular flexibility index (Phi) is 6.24. The minimum absolute atomic E-state index is 0.0569. The van der Waals surface area contributed by atoms with E-state index in [1.807, 2.05) is 30.0 Å². The van der Waals surface area contributed by atoms with Crippen molar-refractivity contribution in [3.63, 3.8) is 0 Å². The van der Waals surface area contributed by atoms with Crippen LogP contribution < -0.4 is 9.77 Å². The van der Waals surface area contributed by atoms with Crippen molar-refractivity contribution in [2.24, 2.45) is 5.92 Å². The summed E-state index contributed by atoms with van der Waals surface area (Å²) in [6, 6.07) is 11.0. The summed E-state index contributed by atoms with van der Waals surface area (Å²) in [5, 5.41) is -0.0841. The molecule has 2 saturated heterocycles. The molecule has 3 aromatic rings. The van der Waals surface area contributed by atoms with Crippen LogP contribution in [0.25, 0.3) is 0 Å². The lowest BCUT2D eigenvalue weighted by Gasteiger charge is -2.31. The van der Waals surface area contributed by atoms with Crippen LogP contribution >= 0.6 is 23.1 Å². The molecule has 2 aromatic heterocycles. The molecule has 0 bridgehead atoms. The molecule has 0 N–H and O–H groups in total. The third-order valence-corrected chi connectivity index (χ3v) is 9.99. The number of nitrogens with zero attached hydrogens (tertiary/aromatic N) is 4.